The number of amides is 1. The van der Waals surface area contributed by atoms with Crippen LogP contribution in [0.4, 0.5) is 4.39 Å². The maximum Gasteiger partial charge on any atom is 0.256 e. The third kappa shape index (κ3) is 2.54. The van der Waals surface area contributed by atoms with Crippen molar-refractivity contribution >= 4 is 16.9 Å². The molecule has 1 aliphatic heterocycles. The Bertz CT molecular complexity index is 883. The highest BCUT2D eigenvalue weighted by molar-refractivity contribution is 5.94. The van der Waals surface area contributed by atoms with E-state index in [9.17, 15) is 9.18 Å². The largest absolute Gasteiger partial charge is 0.339 e. The standard InChI is InChI=1S/C18H17FN4O/c19-15-6-2-1-4-13(15)18(24)23-10-7-12(8-11-23)16-14-5-3-9-20-17(14)22-21-16/h1-6,9,12H,7-8,10-11H2,(H,20,21,22). The van der Waals surface area contributed by atoms with Crippen LogP contribution in [0.2, 0.25) is 0 Å². The molecule has 122 valence electrons. The highest BCUT2D eigenvalue weighted by Crippen LogP contribution is 2.31. The second kappa shape index (κ2) is 6.03. The van der Waals surface area contributed by atoms with Gasteiger partial charge < -0.3 is 4.90 Å². The third-order valence-electron chi connectivity index (χ3n) is 4.65. The monoisotopic (exact) mass is 324 g/mol. The van der Waals surface area contributed by atoms with Gasteiger partial charge in [0.25, 0.3) is 5.91 Å². The summed E-state index contributed by atoms with van der Waals surface area (Å²) in [7, 11) is 0. The second-order valence-corrected chi connectivity index (χ2v) is 6.06. The number of benzene rings is 1. The molecule has 1 N–H and O–H groups in total. The van der Waals surface area contributed by atoms with Crippen LogP contribution in [0.25, 0.3) is 11.0 Å². The number of aromatic nitrogens is 3. The number of carbonyl (C=O) groups is 1. The predicted octanol–water partition coefficient (Wildman–Crippen LogP) is 3.12. The smallest absolute Gasteiger partial charge is 0.256 e. The Morgan fingerprint density at radius 2 is 1.96 bits per heavy atom. The molecule has 1 aliphatic rings. The van der Waals surface area contributed by atoms with Crippen LogP contribution in [0.3, 0.4) is 0 Å². The van der Waals surface area contributed by atoms with Crippen molar-refractivity contribution in [2.24, 2.45) is 0 Å². The van der Waals surface area contributed by atoms with Gasteiger partial charge in [0.2, 0.25) is 0 Å². The molecule has 4 rings (SSSR count). The number of hydrogen-bond acceptors (Lipinski definition) is 3. The van der Waals surface area contributed by atoms with Gasteiger partial charge in [-0.3, -0.25) is 9.89 Å². The molecule has 2 aromatic heterocycles. The topological polar surface area (TPSA) is 61.9 Å². The number of halogens is 1. The molecular formula is C18H17FN4O. The van der Waals surface area contributed by atoms with E-state index in [2.05, 4.69) is 15.2 Å². The summed E-state index contributed by atoms with van der Waals surface area (Å²) in [6, 6.07) is 10.1. The van der Waals surface area contributed by atoms with Crippen molar-refractivity contribution < 1.29 is 9.18 Å². The van der Waals surface area contributed by atoms with E-state index in [0.717, 1.165) is 29.6 Å². The zero-order valence-electron chi connectivity index (χ0n) is 13.1. The fourth-order valence-corrected chi connectivity index (χ4v) is 3.36. The molecule has 1 fully saturated rings. The Morgan fingerprint density at radius 3 is 2.75 bits per heavy atom. The highest BCUT2D eigenvalue weighted by Gasteiger charge is 2.27. The van der Waals surface area contributed by atoms with Crippen molar-refractivity contribution in [3.05, 3.63) is 59.7 Å². The van der Waals surface area contributed by atoms with E-state index >= 15 is 0 Å². The molecule has 1 amide bonds. The summed E-state index contributed by atoms with van der Waals surface area (Å²) >= 11 is 0. The van der Waals surface area contributed by atoms with Gasteiger partial charge in [0, 0.05) is 36.3 Å². The Labute approximate surface area is 138 Å². The van der Waals surface area contributed by atoms with Crippen molar-refractivity contribution in [1.82, 2.24) is 20.1 Å². The number of hydrogen-bond donors (Lipinski definition) is 1. The molecule has 0 spiro atoms. The van der Waals surface area contributed by atoms with Gasteiger partial charge in [0.05, 0.1) is 5.56 Å². The van der Waals surface area contributed by atoms with E-state index in [-0.39, 0.29) is 11.5 Å². The molecule has 3 aromatic rings. The summed E-state index contributed by atoms with van der Waals surface area (Å²) in [6.07, 6.45) is 3.38. The molecule has 0 radical (unpaired) electrons. The van der Waals surface area contributed by atoms with Crippen molar-refractivity contribution in [2.45, 2.75) is 18.8 Å². The van der Waals surface area contributed by atoms with Gasteiger partial charge >= 0.3 is 0 Å². The first-order chi connectivity index (χ1) is 11.7. The number of H-pyrrole nitrogens is 1. The Balaban J connectivity index is 1.49. The normalized spacial score (nSPS) is 15.8. The fourth-order valence-electron chi connectivity index (χ4n) is 3.36. The van der Waals surface area contributed by atoms with Crippen molar-refractivity contribution in [2.75, 3.05) is 13.1 Å². The molecule has 3 heterocycles. The van der Waals surface area contributed by atoms with Crippen molar-refractivity contribution in [3.8, 4) is 0 Å². The molecule has 0 atom stereocenters. The average Bonchev–Trinajstić information content (AvgIpc) is 3.06. The van der Waals surface area contributed by atoms with Gasteiger partial charge in [0.15, 0.2) is 5.65 Å². The van der Waals surface area contributed by atoms with Crippen LogP contribution in [0, 0.1) is 5.82 Å². The molecule has 1 aromatic carbocycles. The number of nitrogens with zero attached hydrogens (tertiary/aromatic N) is 3. The summed E-state index contributed by atoms with van der Waals surface area (Å²) in [6.45, 7) is 1.22. The van der Waals surface area contributed by atoms with Gasteiger partial charge in [-0.1, -0.05) is 12.1 Å². The quantitative estimate of drug-likeness (QED) is 0.788. The number of pyridine rings is 1. The van der Waals surface area contributed by atoms with E-state index in [1.165, 1.54) is 12.1 Å². The van der Waals surface area contributed by atoms with Crippen LogP contribution in [-0.4, -0.2) is 39.1 Å². The predicted molar refractivity (Wildman–Crippen MR) is 88.2 cm³/mol. The summed E-state index contributed by atoms with van der Waals surface area (Å²) < 4.78 is 13.8. The molecule has 24 heavy (non-hydrogen) atoms. The van der Waals surface area contributed by atoms with E-state index in [0.29, 0.717) is 19.0 Å². The first-order valence-corrected chi connectivity index (χ1v) is 8.07. The first kappa shape index (κ1) is 14.8. The van der Waals surface area contributed by atoms with E-state index in [4.69, 9.17) is 0 Å². The SMILES string of the molecule is O=C(c1ccccc1F)N1CCC(c2[nH]nc3ncccc23)CC1. The molecule has 0 saturated carbocycles. The number of aromatic amines is 1. The van der Waals surface area contributed by atoms with Crippen LogP contribution < -0.4 is 0 Å². The van der Waals surface area contributed by atoms with E-state index in [1.54, 1.807) is 23.2 Å². The average molecular weight is 324 g/mol. The number of nitrogens with one attached hydrogen (secondary N) is 1. The Kier molecular flexibility index (Phi) is 3.72. The van der Waals surface area contributed by atoms with Gasteiger partial charge in [-0.05, 0) is 37.1 Å². The lowest BCUT2D eigenvalue weighted by molar-refractivity contribution is 0.0707. The summed E-state index contributed by atoms with van der Waals surface area (Å²) in [5.41, 5.74) is 1.94. The molecule has 5 nitrogen and oxygen atoms in total. The van der Waals surface area contributed by atoms with Crippen LogP contribution in [0.5, 0.6) is 0 Å². The Morgan fingerprint density at radius 1 is 1.17 bits per heavy atom. The fraction of sp³-hybridized carbons (Fsp3) is 0.278. The van der Waals surface area contributed by atoms with Crippen molar-refractivity contribution in [3.63, 3.8) is 0 Å². The first-order valence-electron chi connectivity index (χ1n) is 8.07. The van der Waals surface area contributed by atoms with E-state index in [1.807, 2.05) is 12.1 Å². The molecular weight excluding hydrogens is 307 g/mol. The van der Waals surface area contributed by atoms with Gasteiger partial charge in [-0.25, -0.2) is 9.37 Å². The molecule has 6 heteroatoms. The number of fused-ring (bicyclic) bond motifs is 1. The zero-order valence-corrected chi connectivity index (χ0v) is 13.1. The van der Waals surface area contributed by atoms with Gasteiger partial charge in [-0.15, -0.1) is 0 Å². The van der Waals surface area contributed by atoms with Gasteiger partial charge in [0.1, 0.15) is 5.82 Å². The zero-order chi connectivity index (χ0) is 16.5. The molecule has 0 unspecified atom stereocenters. The molecule has 0 bridgehead atoms. The van der Waals surface area contributed by atoms with Crippen LogP contribution in [0.15, 0.2) is 42.6 Å². The van der Waals surface area contributed by atoms with Crippen LogP contribution >= 0.6 is 0 Å². The lowest BCUT2D eigenvalue weighted by Crippen LogP contribution is -2.38. The summed E-state index contributed by atoms with van der Waals surface area (Å²) in [5.74, 6) is -0.387. The summed E-state index contributed by atoms with van der Waals surface area (Å²) in [4.78, 5) is 18.5. The lowest BCUT2D eigenvalue weighted by atomic mass is 9.91. The summed E-state index contributed by atoms with van der Waals surface area (Å²) in [5, 5.41) is 8.37. The third-order valence-corrected chi connectivity index (χ3v) is 4.65. The number of rotatable bonds is 2. The van der Waals surface area contributed by atoms with Crippen LogP contribution in [-0.2, 0) is 0 Å². The minimum Gasteiger partial charge on any atom is -0.339 e. The Hall–Kier alpha value is -2.76. The number of piperidine rings is 1. The molecule has 1 saturated heterocycles. The minimum absolute atomic E-state index is 0.146. The minimum atomic E-state index is -0.463. The number of likely N-dealkylation sites (tertiary alicyclic amines) is 1. The molecule has 0 aliphatic carbocycles. The van der Waals surface area contributed by atoms with Crippen molar-refractivity contribution in [1.29, 1.82) is 0 Å². The van der Waals surface area contributed by atoms with Gasteiger partial charge in [-0.2, -0.15) is 5.10 Å². The maximum atomic E-state index is 13.8. The number of carbonyl (C=O) groups excluding carboxylic acids is 1. The maximum absolute atomic E-state index is 13.8. The highest BCUT2D eigenvalue weighted by atomic mass is 19.1. The van der Waals surface area contributed by atoms with Crippen LogP contribution in [0.1, 0.15) is 34.8 Å². The lowest BCUT2D eigenvalue weighted by Gasteiger charge is -2.31. The van der Waals surface area contributed by atoms with E-state index < -0.39 is 5.82 Å². The second-order valence-electron chi connectivity index (χ2n) is 6.06.